The van der Waals surface area contributed by atoms with Crippen molar-refractivity contribution in [3.63, 3.8) is 0 Å². The van der Waals surface area contributed by atoms with E-state index in [1.807, 2.05) is 0 Å². The third kappa shape index (κ3) is 20.4. The topological polar surface area (TPSA) is 172 Å². The number of rotatable bonds is 15. The molecule has 0 aliphatic rings. The average Bonchev–Trinajstić information content (AvgIpc) is 1.79. The maximum absolute atomic E-state index is 14.0. The molecule has 0 radical (unpaired) electrons. The van der Waals surface area contributed by atoms with Gasteiger partial charge in [-0.2, -0.15) is 37.7 Å². The van der Waals surface area contributed by atoms with Gasteiger partial charge in [0.2, 0.25) is 0 Å². The predicted octanol–water partition coefficient (Wildman–Crippen LogP) is 19.7. The van der Waals surface area contributed by atoms with Gasteiger partial charge in [-0.15, -0.1) is 47.8 Å². The standard InChI is InChI=1S/C29H34N4.C23H12F4N2.C21H14F6N6.C11H6F2N.Ir.2Pt/c1-9-21-17(3)27(30-19(21)5)23-13-11-15-25(32-23)29(7,8)26-16-12-14-24(33-26)28-18(4)22(10-2)20(6)31-28;24-14-7-9-18(20(26)11-14)22-5-1-3-16(28-22)13-17-4-2-6-23(29-17)19-10-8-15(25)12-21(19)27;1-19(2,15-7-3-5-11(28-15)13-9-17(32-30-13)20(22,23)24)16-8-4-6-12(29-16)14-10-18(33-31-14)21(25,26)27;12-8-4-5-9(10(13)7-8)11-3-1-2-6-14-11;;;/h11-16H,9-10H2,1-8H3;1-8,11-12H,13H2;3-10H,1-2H3;1-4,6-7H;;;/q3*-2;-1;+3;2*+2. The van der Waals surface area contributed by atoms with Crippen LogP contribution in [-0.4, -0.2) is 45.1 Å². The molecule has 11 aromatic heterocycles. The molecule has 28 heteroatoms. The van der Waals surface area contributed by atoms with Crippen LogP contribution in [0.4, 0.5) is 52.7 Å². The molecular weight excluding hydrogens is 2000 g/mol. The molecular formula is C84H66F12IrN13Pt2. The van der Waals surface area contributed by atoms with E-state index in [4.69, 9.17) is 19.9 Å². The van der Waals surface area contributed by atoms with Gasteiger partial charge in [0.25, 0.3) is 0 Å². The van der Waals surface area contributed by atoms with Crippen LogP contribution in [0.15, 0.2) is 182 Å². The summed E-state index contributed by atoms with van der Waals surface area (Å²) in [6.07, 6.45) is -5.43. The molecule has 0 spiro atoms. The number of hydrogen-bond acceptors (Lipinski definition) is 9. The molecule has 0 aliphatic carbocycles. The molecule has 0 aliphatic heterocycles. The molecule has 0 atom stereocenters. The van der Waals surface area contributed by atoms with E-state index in [0.717, 1.165) is 107 Å². The van der Waals surface area contributed by atoms with Crippen molar-refractivity contribution >= 4 is 0 Å². The summed E-state index contributed by atoms with van der Waals surface area (Å²) in [5.74, 6) is -4.22. The van der Waals surface area contributed by atoms with Gasteiger partial charge in [0.1, 0.15) is 11.4 Å². The quantitative estimate of drug-likeness (QED) is 0.0702. The van der Waals surface area contributed by atoms with Crippen LogP contribution in [0.5, 0.6) is 0 Å². The largest absolute Gasteiger partial charge is 3.00 e. The SMILES string of the molecule is CC(C)(c1cccc(-c2cc(C(F)(F)F)n[n-]2)n1)c1cccc(-c2cc(C(F)(F)F)n[n-]2)n1.CCc1c(C)[n-]c(-c2cccc(C(C)(C)c3cccc(-c4[n-]c(C)c(CC)c4C)n3)n2)c1C.Fc1c[c-]c(-c2cccc(Cc3cccc(-c4[c-]cc(F)cc4F)n3)n2)c(F)c1.Fc1c[c-]c(-c2ccccn2)c(F)c1.[Ir+3].[Pt+2].[Pt+2]. The number of nitrogens with zero attached hydrogens (tertiary/aromatic N) is 13. The number of pyridine rings is 7. The molecule has 0 fully saturated rings. The first-order valence-electron chi connectivity index (χ1n) is 34.1. The molecule has 14 rings (SSSR count). The number of halogens is 12. The van der Waals surface area contributed by atoms with Gasteiger partial charge in [0.05, 0.1) is 22.8 Å². The van der Waals surface area contributed by atoms with Gasteiger partial charge < -0.3 is 45.3 Å². The molecule has 0 saturated carbocycles. The minimum atomic E-state index is -4.62. The van der Waals surface area contributed by atoms with Gasteiger partial charge in [-0.3, -0.25) is 46.3 Å². The zero-order valence-corrected chi connectivity index (χ0v) is 68.2. The molecule has 580 valence electrons. The summed E-state index contributed by atoms with van der Waals surface area (Å²) in [6.45, 7) is 20.8. The predicted molar refractivity (Wildman–Crippen MR) is 388 cm³/mol. The van der Waals surface area contributed by atoms with E-state index in [9.17, 15) is 52.7 Å². The van der Waals surface area contributed by atoms with Crippen LogP contribution in [0.25, 0.3) is 79.3 Å². The number of hydrogen-bond donors (Lipinski definition) is 0. The minimum Gasteiger partial charge on any atom is -0.659 e. The molecule has 0 N–H and O–H groups in total. The van der Waals surface area contributed by atoms with E-state index in [1.165, 1.54) is 34.4 Å². The Balaban J connectivity index is 0.000000192. The molecule has 112 heavy (non-hydrogen) atoms. The Bertz CT molecular complexity index is 5270. The Kier molecular flexibility index (Phi) is 28.9. The summed E-state index contributed by atoms with van der Waals surface area (Å²) in [5.41, 5.74) is 13.5. The van der Waals surface area contributed by atoms with Gasteiger partial charge in [0.15, 0.2) is 0 Å². The van der Waals surface area contributed by atoms with E-state index < -0.39 is 64.1 Å². The van der Waals surface area contributed by atoms with E-state index in [2.05, 4.69) is 155 Å². The number of aromatic nitrogens is 13. The van der Waals surface area contributed by atoms with Crippen molar-refractivity contribution in [3.8, 4) is 79.3 Å². The fraction of sp³-hybridized carbons (Fsp3) is 0.202. The van der Waals surface area contributed by atoms with E-state index >= 15 is 0 Å². The maximum Gasteiger partial charge on any atom is 3.00 e. The fourth-order valence-corrected chi connectivity index (χ4v) is 12.1. The maximum atomic E-state index is 14.0. The molecule has 0 amide bonds. The van der Waals surface area contributed by atoms with Gasteiger partial charge in [-0.05, 0) is 150 Å². The monoisotopic (exact) mass is 2070 g/mol. The summed E-state index contributed by atoms with van der Waals surface area (Å²) in [7, 11) is 0. The fourth-order valence-electron chi connectivity index (χ4n) is 12.1. The first-order valence-corrected chi connectivity index (χ1v) is 34.1. The van der Waals surface area contributed by atoms with E-state index in [-0.39, 0.29) is 107 Å². The first kappa shape index (κ1) is 87.5. The number of benzene rings is 3. The second-order valence-corrected chi connectivity index (χ2v) is 26.2. The Morgan fingerprint density at radius 3 is 1.01 bits per heavy atom. The van der Waals surface area contributed by atoms with Gasteiger partial charge in [0, 0.05) is 92.5 Å². The summed E-state index contributed by atoms with van der Waals surface area (Å²) in [6, 6.07) is 52.0. The summed E-state index contributed by atoms with van der Waals surface area (Å²) in [4.78, 5) is 41.4. The second-order valence-electron chi connectivity index (χ2n) is 26.2. The van der Waals surface area contributed by atoms with Crippen molar-refractivity contribution in [1.29, 1.82) is 0 Å². The van der Waals surface area contributed by atoms with Crippen LogP contribution in [0.2, 0.25) is 0 Å². The van der Waals surface area contributed by atoms with Crippen LogP contribution < -0.4 is 20.2 Å². The number of aryl methyl sites for hydroxylation is 2. The molecule has 11 heterocycles. The van der Waals surface area contributed by atoms with Gasteiger partial charge in [-0.25, -0.2) is 0 Å². The first-order chi connectivity index (χ1) is 51.8. The Morgan fingerprint density at radius 2 is 0.696 bits per heavy atom. The average molecular weight is 2070 g/mol. The van der Waals surface area contributed by atoms with Gasteiger partial charge in [-0.1, -0.05) is 157 Å². The third-order valence-corrected chi connectivity index (χ3v) is 18.0. The van der Waals surface area contributed by atoms with E-state index in [0.29, 0.717) is 46.3 Å². The van der Waals surface area contributed by atoms with Crippen LogP contribution in [0.3, 0.4) is 0 Å². The number of alkyl halides is 6. The van der Waals surface area contributed by atoms with Crippen molar-refractivity contribution in [3.05, 3.63) is 314 Å². The van der Waals surface area contributed by atoms with E-state index in [1.54, 1.807) is 98.9 Å². The smallest absolute Gasteiger partial charge is 0.659 e. The Labute approximate surface area is 680 Å². The molecule has 14 aromatic rings. The molecule has 13 nitrogen and oxygen atoms in total. The summed E-state index contributed by atoms with van der Waals surface area (Å²) < 4.78 is 157. The molecule has 3 aromatic carbocycles. The van der Waals surface area contributed by atoms with Gasteiger partial charge >= 0.3 is 74.6 Å². The zero-order chi connectivity index (χ0) is 78.3. The Morgan fingerprint density at radius 1 is 0.375 bits per heavy atom. The van der Waals surface area contributed by atoms with Crippen molar-refractivity contribution in [2.24, 2.45) is 0 Å². The third-order valence-electron chi connectivity index (χ3n) is 18.0. The van der Waals surface area contributed by atoms with Crippen molar-refractivity contribution in [2.45, 2.75) is 112 Å². The van der Waals surface area contributed by atoms with Crippen LogP contribution >= 0.6 is 0 Å². The van der Waals surface area contributed by atoms with Crippen molar-refractivity contribution in [2.75, 3.05) is 0 Å². The van der Waals surface area contributed by atoms with Crippen molar-refractivity contribution < 1.29 is 115 Å². The van der Waals surface area contributed by atoms with Crippen molar-refractivity contribution in [1.82, 2.24) is 65.3 Å². The second kappa shape index (κ2) is 37.0. The van der Waals surface area contributed by atoms with Crippen LogP contribution in [0, 0.1) is 80.8 Å². The summed E-state index contributed by atoms with van der Waals surface area (Å²) >= 11 is 0. The molecule has 0 unspecified atom stereocenters. The molecule has 0 bridgehead atoms. The Hall–Kier alpha value is -10.1. The normalized spacial score (nSPS) is 11.4. The van der Waals surface area contributed by atoms with Crippen LogP contribution in [-0.2, 0) is 105 Å². The minimum absolute atomic E-state index is 0. The van der Waals surface area contributed by atoms with Crippen LogP contribution in [0.1, 0.15) is 121 Å². The molecule has 0 saturated heterocycles. The summed E-state index contributed by atoms with van der Waals surface area (Å²) in [5, 5.41) is 13.5. The zero-order valence-electron chi connectivity index (χ0n) is 61.3.